The van der Waals surface area contributed by atoms with Crippen molar-refractivity contribution in [3.63, 3.8) is 0 Å². The third-order valence-electron chi connectivity index (χ3n) is 6.34. The molecule has 0 aliphatic carbocycles. The van der Waals surface area contributed by atoms with Gasteiger partial charge in [-0.05, 0) is 48.6 Å². The molecule has 0 saturated heterocycles. The number of H-pyrrole nitrogens is 2. The molecule has 0 saturated carbocycles. The molecule has 38 heavy (non-hydrogen) atoms. The number of nitrogens with zero attached hydrogens (tertiary/aromatic N) is 6. The normalized spacial score (nSPS) is 12.9. The summed E-state index contributed by atoms with van der Waals surface area (Å²) in [6.07, 6.45) is 8.91. The molecular formula is C28H29N9O. The maximum absolute atomic E-state index is 10.5. The predicted molar refractivity (Wildman–Crippen MR) is 148 cm³/mol. The monoisotopic (exact) mass is 507 g/mol. The summed E-state index contributed by atoms with van der Waals surface area (Å²) in [6, 6.07) is 9.99. The average molecular weight is 508 g/mol. The van der Waals surface area contributed by atoms with Gasteiger partial charge in [0.25, 0.3) is 0 Å². The fourth-order valence-electron chi connectivity index (χ4n) is 4.63. The number of aliphatic hydroxyl groups excluding tert-OH is 1. The van der Waals surface area contributed by atoms with Crippen LogP contribution >= 0.6 is 0 Å². The molecule has 0 aliphatic heterocycles. The Morgan fingerprint density at radius 1 is 1.05 bits per heavy atom. The van der Waals surface area contributed by atoms with Gasteiger partial charge in [-0.3, -0.25) is 14.6 Å². The van der Waals surface area contributed by atoms with Crippen LogP contribution in [0.2, 0.25) is 0 Å². The Labute approximate surface area is 219 Å². The van der Waals surface area contributed by atoms with Gasteiger partial charge in [0.1, 0.15) is 23.8 Å². The van der Waals surface area contributed by atoms with Crippen LogP contribution < -0.4 is 5.32 Å². The highest BCUT2D eigenvalue weighted by Crippen LogP contribution is 2.32. The van der Waals surface area contributed by atoms with Crippen LogP contribution in [0.3, 0.4) is 0 Å². The second kappa shape index (κ2) is 9.07. The number of rotatable bonds is 6. The van der Waals surface area contributed by atoms with Crippen LogP contribution in [0.25, 0.3) is 50.4 Å². The van der Waals surface area contributed by atoms with Gasteiger partial charge in [-0.25, -0.2) is 15.0 Å². The number of aromatic nitrogens is 8. The number of nitrogens with one attached hydrogen (secondary N) is 3. The highest BCUT2D eigenvalue weighted by atomic mass is 16.3. The number of anilines is 1. The van der Waals surface area contributed by atoms with Crippen LogP contribution in [0.5, 0.6) is 0 Å². The van der Waals surface area contributed by atoms with Crippen molar-refractivity contribution in [1.82, 2.24) is 39.7 Å². The van der Waals surface area contributed by atoms with Gasteiger partial charge in [-0.15, -0.1) is 0 Å². The maximum Gasteiger partial charge on any atom is 0.166 e. The topological polar surface area (TPSA) is 133 Å². The van der Waals surface area contributed by atoms with Crippen LogP contribution in [0.4, 0.5) is 5.69 Å². The zero-order valence-corrected chi connectivity index (χ0v) is 21.7. The summed E-state index contributed by atoms with van der Waals surface area (Å²) in [4.78, 5) is 21.5. The summed E-state index contributed by atoms with van der Waals surface area (Å²) >= 11 is 0. The van der Waals surface area contributed by atoms with E-state index < -0.39 is 6.23 Å². The van der Waals surface area contributed by atoms with Crippen LogP contribution in [-0.4, -0.2) is 51.0 Å². The third-order valence-corrected chi connectivity index (χ3v) is 6.34. The smallest absolute Gasteiger partial charge is 0.166 e. The van der Waals surface area contributed by atoms with E-state index in [0.717, 1.165) is 44.4 Å². The van der Waals surface area contributed by atoms with Crippen LogP contribution in [0, 0.1) is 12.3 Å². The molecule has 1 unspecified atom stereocenters. The van der Waals surface area contributed by atoms with Gasteiger partial charge in [0.05, 0.1) is 28.6 Å². The minimum atomic E-state index is -0.659. The van der Waals surface area contributed by atoms with E-state index in [9.17, 15) is 5.11 Å². The Bertz CT molecular complexity index is 1760. The first-order valence-electron chi connectivity index (χ1n) is 12.5. The second-order valence-electron chi connectivity index (χ2n) is 10.8. The summed E-state index contributed by atoms with van der Waals surface area (Å²) in [5.74, 6) is 1.35. The lowest BCUT2D eigenvalue weighted by molar-refractivity contribution is 0.145. The highest BCUT2D eigenvalue weighted by molar-refractivity contribution is 5.96. The van der Waals surface area contributed by atoms with E-state index in [-0.39, 0.29) is 5.41 Å². The van der Waals surface area contributed by atoms with E-state index in [1.54, 1.807) is 18.7 Å². The lowest BCUT2D eigenvalue weighted by atomic mass is 9.91. The van der Waals surface area contributed by atoms with Crippen molar-refractivity contribution < 1.29 is 5.11 Å². The van der Waals surface area contributed by atoms with Gasteiger partial charge in [-0.2, -0.15) is 5.10 Å². The molecule has 0 aliphatic rings. The molecule has 0 radical (unpaired) electrons. The fourth-order valence-corrected chi connectivity index (χ4v) is 4.63. The Kier molecular flexibility index (Phi) is 5.68. The lowest BCUT2D eigenvalue weighted by Crippen LogP contribution is -2.25. The number of aromatic amines is 2. The molecule has 4 N–H and O–H groups in total. The van der Waals surface area contributed by atoms with Gasteiger partial charge >= 0.3 is 0 Å². The first-order valence-corrected chi connectivity index (χ1v) is 12.5. The number of imidazole rings is 2. The van der Waals surface area contributed by atoms with E-state index in [4.69, 9.17) is 4.98 Å². The molecule has 1 atom stereocenters. The quantitative estimate of drug-likeness (QED) is 0.227. The van der Waals surface area contributed by atoms with Crippen molar-refractivity contribution in [3.8, 4) is 28.5 Å². The number of aliphatic hydroxyl groups is 1. The lowest BCUT2D eigenvalue weighted by Gasteiger charge is -2.23. The number of aryl methyl sites for hydroxylation is 1. The number of pyridine rings is 2. The van der Waals surface area contributed by atoms with E-state index in [0.29, 0.717) is 23.8 Å². The molecule has 0 fully saturated rings. The van der Waals surface area contributed by atoms with E-state index in [1.807, 2.05) is 48.1 Å². The standard InChI is InChI=1S/C28H29N9O/c1-16-14-37(15-31-16)27-25-22(7-8-30-27)33-26(34-25)24-20-10-17(5-6-21(20)35-36-24)18-9-19(13-29-12-18)32-23(38)11-28(2,3)4/h5-10,12-15,23,32,38H,11H2,1-4H3,(H,33,34)(H,35,36). The molecule has 10 nitrogen and oxygen atoms in total. The van der Waals surface area contributed by atoms with Crippen molar-refractivity contribution >= 4 is 27.6 Å². The Morgan fingerprint density at radius 3 is 2.71 bits per heavy atom. The molecule has 192 valence electrons. The summed E-state index contributed by atoms with van der Waals surface area (Å²) in [6.45, 7) is 8.24. The minimum absolute atomic E-state index is 0.00532. The fraction of sp³-hybridized carbons (Fsp3) is 0.250. The van der Waals surface area contributed by atoms with Crippen molar-refractivity contribution in [2.45, 2.75) is 40.3 Å². The number of fused-ring (bicyclic) bond motifs is 2. The average Bonchev–Trinajstić information content (AvgIpc) is 3.60. The van der Waals surface area contributed by atoms with Gasteiger partial charge < -0.3 is 15.4 Å². The number of hydrogen-bond donors (Lipinski definition) is 4. The summed E-state index contributed by atoms with van der Waals surface area (Å²) in [5.41, 5.74) is 6.80. The van der Waals surface area contributed by atoms with E-state index in [1.165, 1.54) is 0 Å². The zero-order chi connectivity index (χ0) is 26.4. The molecule has 5 heterocycles. The maximum atomic E-state index is 10.5. The van der Waals surface area contributed by atoms with Gasteiger partial charge in [0.2, 0.25) is 0 Å². The largest absolute Gasteiger partial charge is 0.374 e. The summed E-state index contributed by atoms with van der Waals surface area (Å²) in [7, 11) is 0. The van der Waals surface area contributed by atoms with Gasteiger partial charge in [0, 0.05) is 29.5 Å². The highest BCUT2D eigenvalue weighted by Gasteiger charge is 2.18. The first-order chi connectivity index (χ1) is 18.2. The summed E-state index contributed by atoms with van der Waals surface area (Å²) < 4.78 is 1.87. The Balaban J connectivity index is 1.36. The molecule has 0 spiro atoms. The molecule has 0 amide bonds. The first kappa shape index (κ1) is 23.8. The van der Waals surface area contributed by atoms with Crippen molar-refractivity contribution in [2.75, 3.05) is 5.32 Å². The van der Waals surface area contributed by atoms with Crippen LogP contribution in [0.1, 0.15) is 32.9 Å². The molecular weight excluding hydrogens is 478 g/mol. The van der Waals surface area contributed by atoms with Gasteiger partial charge in [-0.1, -0.05) is 26.8 Å². The van der Waals surface area contributed by atoms with Crippen LogP contribution in [-0.2, 0) is 0 Å². The minimum Gasteiger partial charge on any atom is -0.374 e. The Hall–Kier alpha value is -4.57. The molecule has 6 rings (SSSR count). The predicted octanol–water partition coefficient (Wildman–Crippen LogP) is 5.22. The number of hydrogen-bond acceptors (Lipinski definition) is 7. The molecule has 6 aromatic rings. The summed E-state index contributed by atoms with van der Waals surface area (Å²) in [5, 5.41) is 22.2. The zero-order valence-electron chi connectivity index (χ0n) is 21.7. The SMILES string of the molecule is Cc1cn(-c2nccc3[nH]c(-c4n[nH]c5ccc(-c6cncc(NC(O)CC(C)(C)C)c6)cc45)nc23)cn1. The van der Waals surface area contributed by atoms with Crippen LogP contribution in [0.15, 0.2) is 61.4 Å². The van der Waals surface area contributed by atoms with Crippen molar-refractivity contribution in [3.05, 3.63) is 67.1 Å². The number of benzene rings is 1. The molecule has 5 aromatic heterocycles. The van der Waals surface area contributed by atoms with Crippen molar-refractivity contribution in [2.24, 2.45) is 5.41 Å². The van der Waals surface area contributed by atoms with Crippen molar-refractivity contribution in [1.29, 1.82) is 0 Å². The molecule has 10 heteroatoms. The van der Waals surface area contributed by atoms with E-state index in [2.05, 4.69) is 62.3 Å². The third kappa shape index (κ3) is 4.61. The van der Waals surface area contributed by atoms with Gasteiger partial charge in [0.15, 0.2) is 11.6 Å². The van der Waals surface area contributed by atoms with E-state index >= 15 is 0 Å². The second-order valence-corrected chi connectivity index (χ2v) is 10.8. The molecule has 0 bridgehead atoms. The Morgan fingerprint density at radius 2 is 1.92 bits per heavy atom. The molecule has 1 aromatic carbocycles.